The van der Waals surface area contributed by atoms with E-state index >= 15 is 0 Å². The minimum Gasteiger partial charge on any atom is -0.298 e. The number of aromatic nitrogens is 1. The van der Waals surface area contributed by atoms with Crippen LogP contribution in [-0.4, -0.2) is 26.4 Å². The Hall–Kier alpha value is -2.94. The molecule has 0 aliphatic heterocycles. The number of nitrogens with one attached hydrogen (secondary N) is 1. The number of sulfonamides is 1. The predicted octanol–water partition coefficient (Wildman–Crippen LogP) is 5.34. The van der Waals surface area contributed by atoms with Crippen molar-refractivity contribution in [2.24, 2.45) is 0 Å². The summed E-state index contributed by atoms with van der Waals surface area (Å²) >= 11 is 7.35. The Kier molecular flexibility index (Phi) is 5.70. The fraction of sp³-hybridized carbons (Fsp3) is 0.0909. The number of para-hydroxylation sites is 1. The van der Waals surface area contributed by atoms with Gasteiger partial charge < -0.3 is 0 Å². The standard InChI is InChI=1S/C22H18ClN3O3S2/c1-14-6-3-11-19-20(14)24-22(30-19)25-21(27)15-7-4-10-18(12-15)31(28,29)26(2)17-9-5-8-16(23)13-17/h3-13H,1-2H3,(H,24,25,27). The van der Waals surface area contributed by atoms with Gasteiger partial charge in [-0.3, -0.25) is 14.4 Å². The summed E-state index contributed by atoms with van der Waals surface area (Å²) < 4.78 is 28.2. The van der Waals surface area contributed by atoms with Gasteiger partial charge in [0.2, 0.25) is 0 Å². The third-order valence-electron chi connectivity index (χ3n) is 4.77. The summed E-state index contributed by atoms with van der Waals surface area (Å²) in [6.45, 7) is 1.96. The van der Waals surface area contributed by atoms with Crippen molar-refractivity contribution in [3.8, 4) is 0 Å². The molecule has 0 saturated carbocycles. The van der Waals surface area contributed by atoms with E-state index in [0.29, 0.717) is 15.8 Å². The lowest BCUT2D eigenvalue weighted by atomic mass is 10.2. The number of aryl methyl sites for hydroxylation is 1. The molecule has 4 aromatic rings. The van der Waals surface area contributed by atoms with Crippen LogP contribution >= 0.6 is 22.9 Å². The Balaban J connectivity index is 1.61. The van der Waals surface area contributed by atoms with E-state index in [2.05, 4.69) is 10.3 Å². The van der Waals surface area contributed by atoms with E-state index in [9.17, 15) is 13.2 Å². The maximum Gasteiger partial charge on any atom is 0.264 e. The molecule has 0 aliphatic carbocycles. The van der Waals surface area contributed by atoms with Crippen LogP contribution < -0.4 is 9.62 Å². The van der Waals surface area contributed by atoms with Gasteiger partial charge in [0, 0.05) is 17.6 Å². The molecule has 0 aliphatic rings. The van der Waals surface area contributed by atoms with Gasteiger partial charge in [-0.15, -0.1) is 0 Å². The number of nitrogens with zero attached hydrogens (tertiary/aromatic N) is 2. The maximum atomic E-state index is 13.1. The summed E-state index contributed by atoms with van der Waals surface area (Å²) in [5.41, 5.74) is 2.50. The second-order valence-electron chi connectivity index (χ2n) is 6.88. The van der Waals surface area contributed by atoms with Crippen molar-refractivity contribution >= 4 is 59.9 Å². The van der Waals surface area contributed by atoms with E-state index < -0.39 is 15.9 Å². The smallest absolute Gasteiger partial charge is 0.264 e. The number of carbonyl (C=O) groups is 1. The third-order valence-corrected chi connectivity index (χ3v) is 7.72. The van der Waals surface area contributed by atoms with E-state index in [0.717, 1.165) is 20.1 Å². The van der Waals surface area contributed by atoms with Crippen LogP contribution in [0.1, 0.15) is 15.9 Å². The lowest BCUT2D eigenvalue weighted by Gasteiger charge is -2.20. The number of rotatable bonds is 5. The number of anilines is 2. The van der Waals surface area contributed by atoms with Crippen LogP contribution in [0, 0.1) is 6.92 Å². The Morgan fingerprint density at radius 3 is 2.55 bits per heavy atom. The number of carbonyl (C=O) groups excluding carboxylic acids is 1. The van der Waals surface area contributed by atoms with Crippen LogP contribution in [0.5, 0.6) is 0 Å². The summed E-state index contributed by atoms with van der Waals surface area (Å²) in [5, 5.41) is 3.65. The molecule has 0 fully saturated rings. The number of benzene rings is 3. The second kappa shape index (κ2) is 8.30. The lowest BCUT2D eigenvalue weighted by molar-refractivity contribution is 0.102. The van der Waals surface area contributed by atoms with Gasteiger partial charge in [0.15, 0.2) is 5.13 Å². The van der Waals surface area contributed by atoms with Crippen molar-refractivity contribution in [1.82, 2.24) is 4.98 Å². The molecule has 0 saturated heterocycles. The van der Waals surface area contributed by atoms with Crippen LogP contribution in [0.3, 0.4) is 0 Å². The van der Waals surface area contributed by atoms with Gasteiger partial charge in [-0.25, -0.2) is 13.4 Å². The van der Waals surface area contributed by atoms with E-state index in [1.165, 1.54) is 36.6 Å². The molecule has 158 valence electrons. The van der Waals surface area contributed by atoms with E-state index in [1.54, 1.807) is 30.3 Å². The summed E-state index contributed by atoms with van der Waals surface area (Å²) in [6.07, 6.45) is 0. The lowest BCUT2D eigenvalue weighted by Crippen LogP contribution is -2.26. The van der Waals surface area contributed by atoms with Gasteiger partial charge in [-0.2, -0.15) is 0 Å². The number of fused-ring (bicyclic) bond motifs is 1. The molecule has 4 rings (SSSR count). The quantitative estimate of drug-likeness (QED) is 0.426. The summed E-state index contributed by atoms with van der Waals surface area (Å²) in [7, 11) is -2.44. The monoisotopic (exact) mass is 471 g/mol. The zero-order valence-corrected chi connectivity index (χ0v) is 19.1. The van der Waals surface area contributed by atoms with Gasteiger partial charge in [0.1, 0.15) is 0 Å². The highest BCUT2D eigenvalue weighted by Gasteiger charge is 2.23. The zero-order valence-electron chi connectivity index (χ0n) is 16.7. The molecule has 9 heteroatoms. The predicted molar refractivity (Wildman–Crippen MR) is 126 cm³/mol. The van der Waals surface area contributed by atoms with E-state index in [1.807, 2.05) is 25.1 Å². The van der Waals surface area contributed by atoms with Gasteiger partial charge in [-0.1, -0.05) is 47.2 Å². The van der Waals surface area contributed by atoms with E-state index in [4.69, 9.17) is 11.6 Å². The molecule has 1 heterocycles. The molecular formula is C22H18ClN3O3S2. The molecule has 1 aromatic heterocycles. The summed E-state index contributed by atoms with van der Waals surface area (Å²) in [6, 6.07) is 18.3. The largest absolute Gasteiger partial charge is 0.298 e. The van der Waals surface area contributed by atoms with Crippen LogP contribution in [-0.2, 0) is 10.0 Å². The summed E-state index contributed by atoms with van der Waals surface area (Å²) in [5.74, 6) is -0.431. The SMILES string of the molecule is Cc1cccc2sc(NC(=O)c3cccc(S(=O)(=O)N(C)c4cccc(Cl)c4)c3)nc12. The van der Waals surface area contributed by atoms with Crippen LogP contribution in [0.2, 0.25) is 5.02 Å². The number of halogens is 1. The van der Waals surface area contributed by atoms with Crippen LogP contribution in [0.25, 0.3) is 10.2 Å². The fourth-order valence-electron chi connectivity index (χ4n) is 3.08. The zero-order chi connectivity index (χ0) is 22.2. The number of amides is 1. The molecule has 0 spiro atoms. The molecule has 0 unspecified atom stereocenters. The highest BCUT2D eigenvalue weighted by molar-refractivity contribution is 7.92. The highest BCUT2D eigenvalue weighted by Crippen LogP contribution is 2.29. The molecular weight excluding hydrogens is 454 g/mol. The van der Waals surface area contributed by atoms with Crippen molar-refractivity contribution in [2.45, 2.75) is 11.8 Å². The number of thiazole rings is 1. The minimum atomic E-state index is -3.88. The van der Waals surface area contributed by atoms with Crippen molar-refractivity contribution < 1.29 is 13.2 Å². The average molecular weight is 472 g/mol. The number of hydrogen-bond donors (Lipinski definition) is 1. The molecule has 1 amide bonds. The first-order chi connectivity index (χ1) is 14.8. The highest BCUT2D eigenvalue weighted by atomic mass is 35.5. The maximum absolute atomic E-state index is 13.1. The first-order valence-corrected chi connectivity index (χ1v) is 11.9. The van der Waals surface area contributed by atoms with Crippen molar-refractivity contribution in [3.63, 3.8) is 0 Å². The molecule has 31 heavy (non-hydrogen) atoms. The summed E-state index contributed by atoms with van der Waals surface area (Å²) in [4.78, 5) is 17.2. The Morgan fingerprint density at radius 1 is 1.06 bits per heavy atom. The third kappa shape index (κ3) is 4.27. The normalized spacial score (nSPS) is 11.5. The van der Waals surface area contributed by atoms with Gasteiger partial charge >= 0.3 is 0 Å². The first kappa shape index (κ1) is 21.3. The molecule has 0 radical (unpaired) electrons. The first-order valence-electron chi connectivity index (χ1n) is 9.28. The van der Waals surface area contributed by atoms with Crippen LogP contribution in [0.15, 0.2) is 71.6 Å². The van der Waals surface area contributed by atoms with Crippen molar-refractivity contribution in [2.75, 3.05) is 16.7 Å². The molecule has 6 nitrogen and oxygen atoms in total. The molecule has 0 bridgehead atoms. The van der Waals surface area contributed by atoms with Crippen molar-refractivity contribution in [1.29, 1.82) is 0 Å². The Morgan fingerprint density at radius 2 is 1.81 bits per heavy atom. The van der Waals surface area contributed by atoms with Crippen molar-refractivity contribution in [3.05, 3.63) is 82.9 Å². The van der Waals surface area contributed by atoms with Crippen LogP contribution in [0.4, 0.5) is 10.8 Å². The van der Waals surface area contributed by atoms with E-state index in [-0.39, 0.29) is 10.5 Å². The topological polar surface area (TPSA) is 79.4 Å². The second-order valence-corrected chi connectivity index (χ2v) is 10.3. The van der Waals surface area contributed by atoms with Gasteiger partial charge in [0.05, 0.1) is 20.8 Å². The number of hydrogen-bond acceptors (Lipinski definition) is 5. The van der Waals surface area contributed by atoms with Gasteiger partial charge in [0.25, 0.3) is 15.9 Å². The Bertz CT molecular complexity index is 1400. The minimum absolute atomic E-state index is 0.00256. The average Bonchev–Trinajstić information content (AvgIpc) is 3.17. The molecule has 0 atom stereocenters. The van der Waals surface area contributed by atoms with Gasteiger partial charge in [-0.05, 0) is 55.0 Å². The fourth-order valence-corrected chi connectivity index (χ4v) is 5.43. The molecule has 1 N–H and O–H groups in total. The molecule has 3 aromatic carbocycles. The Labute approximate surface area is 189 Å².